The van der Waals surface area contributed by atoms with Gasteiger partial charge in [0.1, 0.15) is 17.9 Å². The third-order valence-electron chi connectivity index (χ3n) is 6.05. The minimum absolute atomic E-state index is 0.0214. The zero-order valence-electron chi connectivity index (χ0n) is 21.1. The molecule has 2 N–H and O–H groups in total. The zero-order valence-corrected chi connectivity index (χ0v) is 21.1. The molecule has 9 heteroatoms. The number of imidazole rings is 1. The summed E-state index contributed by atoms with van der Waals surface area (Å²) in [5, 5.41) is 6.19. The molecule has 0 unspecified atom stereocenters. The van der Waals surface area contributed by atoms with Crippen molar-refractivity contribution in [2.45, 2.75) is 65.1 Å². The Labute approximate surface area is 210 Å². The zero-order chi connectivity index (χ0) is 25.5. The second-order valence-corrected chi connectivity index (χ2v) is 9.50. The van der Waals surface area contributed by atoms with Crippen LogP contribution in [0.25, 0.3) is 11.0 Å². The van der Waals surface area contributed by atoms with Gasteiger partial charge in [0.25, 0.3) is 5.91 Å². The summed E-state index contributed by atoms with van der Waals surface area (Å²) in [6, 6.07) is 11.1. The first-order valence-electron chi connectivity index (χ1n) is 12.4. The topological polar surface area (TPSA) is 97.9 Å². The van der Waals surface area contributed by atoms with E-state index < -0.39 is 11.7 Å². The second-order valence-electron chi connectivity index (χ2n) is 9.50. The van der Waals surface area contributed by atoms with Gasteiger partial charge in [-0.05, 0) is 44.5 Å². The van der Waals surface area contributed by atoms with Crippen LogP contribution in [0.5, 0.6) is 0 Å². The molecule has 190 valence electrons. The number of carbonyl (C=O) groups excluding carboxylic acids is 1. The van der Waals surface area contributed by atoms with E-state index >= 15 is 0 Å². The minimum atomic E-state index is -0.465. The normalized spacial score (nSPS) is 11.8. The van der Waals surface area contributed by atoms with Crippen molar-refractivity contribution in [2.75, 3.05) is 6.54 Å². The molecule has 0 spiro atoms. The highest BCUT2D eigenvalue weighted by molar-refractivity contribution is 5.91. The summed E-state index contributed by atoms with van der Waals surface area (Å²) < 4.78 is 21.5. The van der Waals surface area contributed by atoms with Gasteiger partial charge in [-0.15, -0.1) is 0 Å². The number of aryl methyl sites for hydroxylation is 1. The van der Waals surface area contributed by atoms with Crippen molar-refractivity contribution >= 4 is 16.9 Å². The number of nitrogens with zero attached hydrogens (tertiary/aromatic N) is 4. The predicted molar refractivity (Wildman–Crippen MR) is 136 cm³/mol. The Morgan fingerprint density at radius 1 is 1.17 bits per heavy atom. The van der Waals surface area contributed by atoms with E-state index in [1.54, 1.807) is 0 Å². The predicted octanol–water partition coefficient (Wildman–Crippen LogP) is 4.44. The molecule has 1 aromatic carbocycles. The van der Waals surface area contributed by atoms with Gasteiger partial charge in [-0.1, -0.05) is 25.5 Å². The first-order chi connectivity index (χ1) is 17.4. The number of amides is 1. The van der Waals surface area contributed by atoms with Gasteiger partial charge in [0, 0.05) is 37.7 Å². The molecule has 0 aliphatic rings. The lowest BCUT2D eigenvalue weighted by Gasteiger charge is -2.26. The Kier molecular flexibility index (Phi) is 8.10. The first-order valence-corrected chi connectivity index (χ1v) is 12.4. The summed E-state index contributed by atoms with van der Waals surface area (Å²) in [7, 11) is 0. The lowest BCUT2D eigenvalue weighted by molar-refractivity contribution is 0.0945. The van der Waals surface area contributed by atoms with E-state index in [4.69, 9.17) is 9.40 Å². The van der Waals surface area contributed by atoms with Gasteiger partial charge in [0.05, 0.1) is 23.3 Å². The molecule has 0 atom stereocenters. The average Bonchev–Trinajstić information content (AvgIpc) is 3.46. The number of unbranched alkanes of at least 4 members (excludes halogenated alkanes) is 1. The number of para-hydroxylation sites is 2. The second kappa shape index (κ2) is 11.4. The molecule has 3 aromatic heterocycles. The largest absolute Gasteiger partial charge is 0.448 e. The van der Waals surface area contributed by atoms with Gasteiger partial charge in [-0.25, -0.2) is 14.4 Å². The number of halogens is 1. The number of fused-ring (bicyclic) bond motifs is 1. The van der Waals surface area contributed by atoms with Crippen LogP contribution in [0, 0.1) is 5.82 Å². The quantitative estimate of drug-likeness (QED) is 0.303. The first kappa shape index (κ1) is 25.5. The Bertz CT molecular complexity index is 1310. The highest BCUT2D eigenvalue weighted by Gasteiger charge is 2.22. The van der Waals surface area contributed by atoms with Crippen molar-refractivity contribution in [1.29, 1.82) is 0 Å². The van der Waals surface area contributed by atoms with Crippen molar-refractivity contribution in [1.82, 2.24) is 30.2 Å². The summed E-state index contributed by atoms with van der Waals surface area (Å²) in [6.07, 6.45) is 6.34. The molecule has 0 saturated heterocycles. The minimum Gasteiger partial charge on any atom is -0.448 e. The number of oxazole rings is 1. The van der Waals surface area contributed by atoms with Crippen LogP contribution in [0.15, 0.2) is 53.3 Å². The van der Waals surface area contributed by atoms with E-state index in [1.807, 2.05) is 6.07 Å². The molecular formula is C27H33FN6O2. The van der Waals surface area contributed by atoms with Crippen molar-refractivity contribution in [3.63, 3.8) is 0 Å². The van der Waals surface area contributed by atoms with Gasteiger partial charge in [0.15, 0.2) is 11.6 Å². The summed E-state index contributed by atoms with van der Waals surface area (Å²) in [4.78, 5) is 25.5. The van der Waals surface area contributed by atoms with Crippen LogP contribution in [0.4, 0.5) is 4.39 Å². The Hall–Kier alpha value is -3.59. The third-order valence-corrected chi connectivity index (χ3v) is 6.05. The molecule has 0 bridgehead atoms. The van der Waals surface area contributed by atoms with E-state index in [2.05, 4.69) is 64.1 Å². The molecule has 1 amide bonds. The molecule has 4 rings (SSSR count). The van der Waals surface area contributed by atoms with Crippen molar-refractivity contribution in [2.24, 2.45) is 0 Å². The van der Waals surface area contributed by atoms with Crippen LogP contribution in [-0.4, -0.2) is 37.5 Å². The number of hydrogen-bond acceptors (Lipinski definition) is 6. The maximum Gasteiger partial charge on any atom is 0.273 e. The number of aromatic nitrogens is 4. The monoisotopic (exact) mass is 492 g/mol. The number of rotatable bonds is 12. The molecule has 0 aliphatic carbocycles. The number of pyridine rings is 1. The highest BCUT2D eigenvalue weighted by atomic mass is 19.1. The van der Waals surface area contributed by atoms with Crippen LogP contribution < -0.4 is 10.6 Å². The molecule has 8 nitrogen and oxygen atoms in total. The third kappa shape index (κ3) is 6.34. The van der Waals surface area contributed by atoms with E-state index in [9.17, 15) is 9.18 Å². The number of carbonyl (C=O) groups is 1. The fourth-order valence-electron chi connectivity index (χ4n) is 4.12. The number of benzene rings is 1. The fraction of sp³-hybridized carbons (Fsp3) is 0.407. The van der Waals surface area contributed by atoms with Crippen molar-refractivity contribution < 1.29 is 13.6 Å². The fourth-order valence-corrected chi connectivity index (χ4v) is 4.12. The van der Waals surface area contributed by atoms with Gasteiger partial charge in [-0.3, -0.25) is 9.78 Å². The maximum atomic E-state index is 13.7. The number of hydrogen-bond donors (Lipinski definition) is 2. The Morgan fingerprint density at radius 2 is 2.00 bits per heavy atom. The summed E-state index contributed by atoms with van der Waals surface area (Å²) >= 11 is 0. The highest BCUT2D eigenvalue weighted by Crippen LogP contribution is 2.21. The molecule has 36 heavy (non-hydrogen) atoms. The lowest BCUT2D eigenvalue weighted by Crippen LogP contribution is -2.43. The van der Waals surface area contributed by atoms with Crippen LogP contribution in [0.3, 0.4) is 0 Å². The summed E-state index contributed by atoms with van der Waals surface area (Å²) in [5.41, 5.74) is 2.32. The number of nitrogens with one attached hydrogen (secondary N) is 2. The molecule has 0 aliphatic heterocycles. The van der Waals surface area contributed by atoms with Gasteiger partial charge in [-0.2, -0.15) is 0 Å². The van der Waals surface area contributed by atoms with E-state index in [0.717, 1.165) is 37.1 Å². The standard InChI is InChI=1S/C27H33FN6O2/c1-4-5-15-34-23-11-7-6-10-20(23)32-24(34)16-27(2,3)31-14-12-25-33-22(18-36-25)26(35)30-17-21-19(28)9-8-13-29-21/h6-11,13,18,31H,4-5,12,14-17H2,1-3H3,(H,30,35). The van der Waals surface area contributed by atoms with Gasteiger partial charge >= 0.3 is 0 Å². The lowest BCUT2D eigenvalue weighted by atomic mass is 10.00. The summed E-state index contributed by atoms with van der Waals surface area (Å²) in [5.74, 6) is 0.631. The van der Waals surface area contributed by atoms with Crippen LogP contribution in [-0.2, 0) is 25.9 Å². The molecular weight excluding hydrogens is 459 g/mol. The van der Waals surface area contributed by atoms with E-state index in [0.29, 0.717) is 18.9 Å². The SMILES string of the molecule is CCCCn1c(CC(C)(C)NCCc2nc(C(=O)NCc3ncccc3F)co2)nc2ccccc21. The van der Waals surface area contributed by atoms with Crippen LogP contribution >= 0.6 is 0 Å². The Balaban J connectivity index is 1.31. The van der Waals surface area contributed by atoms with Crippen LogP contribution in [0.2, 0.25) is 0 Å². The van der Waals surface area contributed by atoms with E-state index in [-0.39, 0.29) is 23.5 Å². The molecule has 0 fully saturated rings. The van der Waals surface area contributed by atoms with Gasteiger partial charge < -0.3 is 19.6 Å². The Morgan fingerprint density at radius 3 is 2.81 bits per heavy atom. The van der Waals surface area contributed by atoms with E-state index in [1.165, 1.54) is 30.1 Å². The van der Waals surface area contributed by atoms with Crippen LogP contribution in [0.1, 0.15) is 61.5 Å². The maximum absolute atomic E-state index is 13.7. The van der Waals surface area contributed by atoms with Gasteiger partial charge in [0.2, 0.25) is 0 Å². The molecule has 3 heterocycles. The average molecular weight is 493 g/mol. The smallest absolute Gasteiger partial charge is 0.273 e. The molecule has 4 aromatic rings. The van der Waals surface area contributed by atoms with Crippen molar-refractivity contribution in [3.8, 4) is 0 Å². The molecule has 0 saturated carbocycles. The molecule has 0 radical (unpaired) electrons. The summed E-state index contributed by atoms with van der Waals surface area (Å²) in [6.45, 7) is 8.07. The van der Waals surface area contributed by atoms with Crippen molar-refractivity contribution in [3.05, 3.63) is 77.8 Å².